The second kappa shape index (κ2) is 6.38. The Morgan fingerprint density at radius 3 is 2.38 bits per heavy atom. The number of hydroxylamine groups is 2. The van der Waals surface area contributed by atoms with Gasteiger partial charge in [0.2, 0.25) is 5.75 Å². The Labute approximate surface area is 120 Å². The third-order valence-corrected chi connectivity index (χ3v) is 2.65. The first kappa shape index (κ1) is 14.3. The maximum atomic E-state index is 11.2. The highest BCUT2D eigenvalue weighted by Gasteiger charge is 2.21. The van der Waals surface area contributed by atoms with Crippen LogP contribution in [0.3, 0.4) is 0 Å². The van der Waals surface area contributed by atoms with Crippen LogP contribution in [0.4, 0.5) is 10.5 Å². The van der Waals surface area contributed by atoms with Gasteiger partial charge in [0.25, 0.3) is 0 Å². The summed E-state index contributed by atoms with van der Waals surface area (Å²) >= 11 is 0. The minimum absolute atomic E-state index is 0.0395. The van der Waals surface area contributed by atoms with Gasteiger partial charge < -0.3 is 9.94 Å². The Morgan fingerprint density at radius 1 is 1.14 bits per heavy atom. The van der Waals surface area contributed by atoms with Gasteiger partial charge in [-0.2, -0.15) is 0 Å². The predicted molar refractivity (Wildman–Crippen MR) is 73.7 cm³/mol. The maximum Gasteiger partial charge on any atom is 0.441 e. The van der Waals surface area contributed by atoms with E-state index in [0.29, 0.717) is 10.6 Å². The first-order chi connectivity index (χ1) is 10.1. The zero-order valence-electron chi connectivity index (χ0n) is 10.9. The van der Waals surface area contributed by atoms with Crippen LogP contribution in [0.1, 0.15) is 5.56 Å². The van der Waals surface area contributed by atoms with E-state index in [1.54, 1.807) is 30.3 Å². The summed E-state index contributed by atoms with van der Waals surface area (Å²) in [4.78, 5) is 26.6. The molecule has 0 aliphatic heterocycles. The molecule has 2 aromatic rings. The molecule has 0 fully saturated rings. The molecule has 0 saturated carbocycles. The lowest BCUT2D eigenvalue weighted by atomic mass is 10.2. The van der Waals surface area contributed by atoms with E-state index < -0.39 is 11.0 Å². The molecule has 108 valence electrons. The molecule has 1 N–H and O–H groups in total. The first-order valence-corrected chi connectivity index (χ1v) is 6.03. The van der Waals surface area contributed by atoms with Crippen LogP contribution in [0.2, 0.25) is 0 Å². The number of para-hydroxylation sites is 2. The van der Waals surface area contributed by atoms with Crippen molar-refractivity contribution in [2.24, 2.45) is 0 Å². The smallest absolute Gasteiger partial charge is 0.441 e. The van der Waals surface area contributed by atoms with Crippen molar-refractivity contribution in [2.45, 2.75) is 6.54 Å². The minimum Gasteiger partial charge on any atom is -0.463 e. The molecule has 7 heteroatoms. The third-order valence-electron chi connectivity index (χ3n) is 2.65. The lowest BCUT2D eigenvalue weighted by Gasteiger charge is -2.19. The zero-order valence-corrected chi connectivity index (χ0v) is 10.9. The molecule has 0 heterocycles. The number of nitrogens with zero attached hydrogens (tertiary/aromatic N) is 2. The molecule has 1 amide bonds. The normalized spacial score (nSPS) is 9.90. The molecule has 2 aromatic carbocycles. The number of rotatable bonds is 5. The maximum absolute atomic E-state index is 11.2. The van der Waals surface area contributed by atoms with Crippen LogP contribution >= 0.6 is 0 Å². The average molecular weight is 288 g/mol. The Hall–Kier alpha value is -3.09. The van der Waals surface area contributed by atoms with Crippen LogP contribution in [-0.4, -0.2) is 21.2 Å². The van der Waals surface area contributed by atoms with E-state index in [2.05, 4.69) is 0 Å². The molecule has 0 radical (unpaired) electrons. The van der Waals surface area contributed by atoms with Crippen molar-refractivity contribution in [3.05, 3.63) is 70.3 Å². The minimum atomic E-state index is -1.34. The fourth-order valence-corrected chi connectivity index (χ4v) is 1.69. The third kappa shape index (κ3) is 3.69. The summed E-state index contributed by atoms with van der Waals surface area (Å²) in [6, 6.07) is 14.4. The molecule has 0 saturated heterocycles. The molecular formula is C14H12N2O5. The van der Waals surface area contributed by atoms with Gasteiger partial charge in [-0.25, -0.2) is 4.79 Å². The molecule has 2 rings (SSSR count). The first-order valence-electron chi connectivity index (χ1n) is 6.03. The van der Waals surface area contributed by atoms with Crippen LogP contribution in [0.25, 0.3) is 0 Å². The molecule has 0 atom stereocenters. The predicted octanol–water partition coefficient (Wildman–Crippen LogP) is 3.07. The van der Waals surface area contributed by atoms with E-state index in [0.717, 1.165) is 0 Å². The van der Waals surface area contributed by atoms with Crippen LogP contribution in [0.15, 0.2) is 54.6 Å². The zero-order chi connectivity index (χ0) is 15.2. The second-order valence-corrected chi connectivity index (χ2v) is 4.12. The van der Waals surface area contributed by atoms with Gasteiger partial charge in [0.05, 0.1) is 11.5 Å². The molecule has 0 aliphatic rings. The average Bonchev–Trinajstić information content (AvgIpc) is 2.48. The summed E-state index contributed by atoms with van der Waals surface area (Å²) in [7, 11) is 0. The number of benzene rings is 2. The van der Waals surface area contributed by atoms with Crippen molar-refractivity contribution in [1.82, 2.24) is 5.06 Å². The fraction of sp³-hybridized carbons (Fsp3) is 0.0714. The number of amides is 1. The van der Waals surface area contributed by atoms with Crippen molar-refractivity contribution in [3.63, 3.8) is 0 Å². The van der Waals surface area contributed by atoms with Gasteiger partial charge in [0.15, 0.2) is 0 Å². The van der Waals surface area contributed by atoms with E-state index in [9.17, 15) is 14.9 Å². The standard InChI is InChI=1S/C14H12N2O5/c17-14(18)15(10-11-6-2-1-3-7-11)21-13-9-5-4-8-12(13)16(19)20/h1-9H,10H2,(H,17,18). The van der Waals surface area contributed by atoms with E-state index in [1.807, 2.05) is 0 Å². The van der Waals surface area contributed by atoms with Crippen LogP contribution in [0.5, 0.6) is 5.75 Å². The monoisotopic (exact) mass is 288 g/mol. The Bertz CT molecular complexity index is 645. The number of hydrogen-bond donors (Lipinski definition) is 1. The van der Waals surface area contributed by atoms with Crippen LogP contribution < -0.4 is 4.84 Å². The van der Waals surface area contributed by atoms with E-state index in [-0.39, 0.29) is 18.0 Å². The highest BCUT2D eigenvalue weighted by atomic mass is 16.7. The van der Waals surface area contributed by atoms with Gasteiger partial charge in [-0.15, -0.1) is 5.06 Å². The quantitative estimate of drug-likeness (QED) is 0.674. The molecule has 7 nitrogen and oxygen atoms in total. The molecule has 0 aromatic heterocycles. The van der Waals surface area contributed by atoms with Crippen molar-refractivity contribution in [2.75, 3.05) is 0 Å². The number of nitro groups is 1. The molecule has 0 aliphatic carbocycles. The van der Waals surface area contributed by atoms with E-state index in [4.69, 9.17) is 9.94 Å². The van der Waals surface area contributed by atoms with E-state index in [1.165, 1.54) is 24.3 Å². The molecule has 0 unspecified atom stereocenters. The second-order valence-electron chi connectivity index (χ2n) is 4.12. The molecule has 0 spiro atoms. The Kier molecular flexibility index (Phi) is 4.35. The Balaban J connectivity index is 2.21. The van der Waals surface area contributed by atoms with Crippen molar-refractivity contribution < 1.29 is 19.7 Å². The lowest BCUT2D eigenvalue weighted by molar-refractivity contribution is -0.386. The Morgan fingerprint density at radius 2 is 1.76 bits per heavy atom. The SMILES string of the molecule is O=C(O)N(Cc1ccccc1)Oc1ccccc1[N+](=O)[O-]. The van der Waals surface area contributed by atoms with Crippen LogP contribution in [0, 0.1) is 10.1 Å². The van der Waals surface area contributed by atoms with Crippen molar-refractivity contribution >= 4 is 11.8 Å². The summed E-state index contributed by atoms with van der Waals surface area (Å²) in [6.07, 6.45) is -1.34. The van der Waals surface area contributed by atoms with Gasteiger partial charge in [-0.1, -0.05) is 42.5 Å². The van der Waals surface area contributed by atoms with Gasteiger partial charge >= 0.3 is 11.8 Å². The molecular weight excluding hydrogens is 276 g/mol. The summed E-state index contributed by atoms with van der Waals surface area (Å²) in [6.45, 7) is -0.0395. The van der Waals surface area contributed by atoms with Gasteiger partial charge in [-0.3, -0.25) is 10.1 Å². The lowest BCUT2D eigenvalue weighted by Crippen LogP contribution is -2.32. The summed E-state index contributed by atoms with van der Waals surface area (Å²) in [5.74, 6) is -0.124. The topological polar surface area (TPSA) is 92.9 Å². The number of nitro benzene ring substituents is 1. The largest absolute Gasteiger partial charge is 0.463 e. The number of carboxylic acid groups (broad SMARTS) is 1. The summed E-state index contributed by atoms with van der Waals surface area (Å²) < 4.78 is 0. The van der Waals surface area contributed by atoms with Gasteiger partial charge in [0.1, 0.15) is 0 Å². The summed E-state index contributed by atoms with van der Waals surface area (Å²) in [5.41, 5.74) is 0.412. The van der Waals surface area contributed by atoms with Crippen molar-refractivity contribution in [1.29, 1.82) is 0 Å². The van der Waals surface area contributed by atoms with Crippen LogP contribution in [-0.2, 0) is 6.54 Å². The molecule has 0 bridgehead atoms. The number of hydrogen-bond acceptors (Lipinski definition) is 4. The highest BCUT2D eigenvalue weighted by Crippen LogP contribution is 2.27. The van der Waals surface area contributed by atoms with Gasteiger partial charge in [-0.05, 0) is 11.6 Å². The summed E-state index contributed by atoms with van der Waals surface area (Å²) in [5, 5.41) is 20.7. The van der Waals surface area contributed by atoms with Gasteiger partial charge in [0, 0.05) is 6.07 Å². The molecule has 21 heavy (non-hydrogen) atoms. The van der Waals surface area contributed by atoms with E-state index >= 15 is 0 Å². The fourth-order valence-electron chi connectivity index (χ4n) is 1.69. The number of carbonyl (C=O) groups is 1. The van der Waals surface area contributed by atoms with Crippen molar-refractivity contribution in [3.8, 4) is 5.75 Å². The highest BCUT2D eigenvalue weighted by molar-refractivity contribution is 5.64.